The predicted octanol–water partition coefficient (Wildman–Crippen LogP) is 3.99. The number of nitrogens with one attached hydrogen (secondary N) is 1. The highest BCUT2D eigenvalue weighted by Crippen LogP contribution is 2.25. The van der Waals surface area contributed by atoms with Crippen molar-refractivity contribution < 1.29 is 0 Å². The number of nitrogens with two attached hydrogens (primary N) is 1. The van der Waals surface area contributed by atoms with E-state index >= 15 is 0 Å². The molecule has 1 aliphatic heterocycles. The second-order valence-corrected chi connectivity index (χ2v) is 9.00. The first-order chi connectivity index (χ1) is 15.0. The third kappa shape index (κ3) is 5.07. The summed E-state index contributed by atoms with van der Waals surface area (Å²) in [6.07, 6.45) is 6.40. The fourth-order valence-electron chi connectivity index (χ4n) is 4.03. The number of hydrogen-bond acceptors (Lipinski definition) is 6. The van der Waals surface area contributed by atoms with Gasteiger partial charge in [0.05, 0.1) is 16.5 Å². The van der Waals surface area contributed by atoms with Gasteiger partial charge in [0.25, 0.3) is 5.56 Å². The van der Waals surface area contributed by atoms with E-state index in [1.54, 1.807) is 10.8 Å². The van der Waals surface area contributed by atoms with Gasteiger partial charge in [-0.05, 0) is 59.4 Å². The summed E-state index contributed by atoms with van der Waals surface area (Å²) >= 11 is 3.57. The molecule has 1 aromatic carbocycles. The van der Waals surface area contributed by atoms with Gasteiger partial charge in [-0.3, -0.25) is 9.69 Å². The van der Waals surface area contributed by atoms with Crippen LogP contribution in [0.25, 0.3) is 10.9 Å². The smallest absolute Gasteiger partial charge is 0.264 e. The molecule has 3 heterocycles. The van der Waals surface area contributed by atoms with Gasteiger partial charge in [0.15, 0.2) is 0 Å². The van der Waals surface area contributed by atoms with Crippen molar-refractivity contribution in [2.45, 2.75) is 45.7 Å². The van der Waals surface area contributed by atoms with Gasteiger partial charge in [-0.1, -0.05) is 37.6 Å². The molecule has 164 valence electrons. The van der Waals surface area contributed by atoms with Crippen LogP contribution in [0.15, 0.2) is 39.7 Å². The number of nitrogens with zero attached hydrogens (tertiary/aromatic N) is 4. The molecule has 0 radical (unpaired) electrons. The van der Waals surface area contributed by atoms with Gasteiger partial charge in [0.1, 0.15) is 11.2 Å². The van der Waals surface area contributed by atoms with Gasteiger partial charge in [-0.25, -0.2) is 4.98 Å². The lowest BCUT2D eigenvalue weighted by Crippen LogP contribution is -2.23. The Kier molecular flexibility index (Phi) is 6.87. The Bertz CT molecular complexity index is 1110. The average molecular weight is 485 g/mol. The topological polar surface area (TPSA) is 89.1 Å². The van der Waals surface area contributed by atoms with Gasteiger partial charge in [0, 0.05) is 19.3 Å². The van der Waals surface area contributed by atoms with E-state index < -0.39 is 0 Å². The highest BCUT2D eigenvalue weighted by atomic mass is 79.9. The molecule has 7 nitrogen and oxygen atoms in total. The SMILES string of the molecule is CCCCNc1nc(N)nc2c(Br)cn(Cc3ccc(CN4CCCC4)cc3)c(=O)c12. The van der Waals surface area contributed by atoms with Gasteiger partial charge in [0.2, 0.25) is 5.95 Å². The molecule has 0 aliphatic carbocycles. The molecule has 0 amide bonds. The molecular weight excluding hydrogens is 456 g/mol. The molecule has 2 aromatic heterocycles. The van der Waals surface area contributed by atoms with Crippen molar-refractivity contribution in [3.63, 3.8) is 0 Å². The zero-order valence-electron chi connectivity index (χ0n) is 17.9. The maximum atomic E-state index is 13.3. The van der Waals surface area contributed by atoms with Crippen LogP contribution in [0.5, 0.6) is 0 Å². The summed E-state index contributed by atoms with van der Waals surface area (Å²) in [5.74, 6) is 0.648. The summed E-state index contributed by atoms with van der Waals surface area (Å²) in [5.41, 5.74) is 8.68. The Balaban J connectivity index is 1.61. The normalized spacial score (nSPS) is 14.4. The van der Waals surface area contributed by atoms with E-state index in [-0.39, 0.29) is 11.5 Å². The minimum atomic E-state index is -0.127. The molecule has 0 bridgehead atoms. The average Bonchev–Trinajstić information content (AvgIpc) is 3.26. The van der Waals surface area contributed by atoms with Crippen LogP contribution in [0.4, 0.5) is 11.8 Å². The first kappa shape index (κ1) is 21.8. The maximum Gasteiger partial charge on any atom is 0.264 e. The zero-order chi connectivity index (χ0) is 21.8. The van der Waals surface area contributed by atoms with E-state index in [0.29, 0.717) is 23.3 Å². The second kappa shape index (κ2) is 9.78. The van der Waals surface area contributed by atoms with E-state index in [1.165, 1.54) is 31.5 Å². The number of fused-ring (bicyclic) bond motifs is 1. The monoisotopic (exact) mass is 484 g/mol. The van der Waals surface area contributed by atoms with Crippen LogP contribution >= 0.6 is 15.9 Å². The summed E-state index contributed by atoms with van der Waals surface area (Å²) in [6.45, 7) is 6.69. The lowest BCUT2D eigenvalue weighted by Gasteiger charge is -2.15. The van der Waals surface area contributed by atoms with E-state index in [9.17, 15) is 4.79 Å². The number of benzene rings is 1. The van der Waals surface area contributed by atoms with Gasteiger partial charge < -0.3 is 15.6 Å². The fourth-order valence-corrected chi connectivity index (χ4v) is 4.56. The third-order valence-electron chi connectivity index (χ3n) is 5.70. The lowest BCUT2D eigenvalue weighted by molar-refractivity contribution is 0.331. The third-order valence-corrected chi connectivity index (χ3v) is 6.28. The largest absolute Gasteiger partial charge is 0.369 e. The fraction of sp³-hybridized carbons (Fsp3) is 0.435. The van der Waals surface area contributed by atoms with Crippen LogP contribution in [-0.2, 0) is 13.1 Å². The van der Waals surface area contributed by atoms with Crippen LogP contribution in [0.3, 0.4) is 0 Å². The first-order valence-electron chi connectivity index (χ1n) is 11.0. The number of nitrogen functional groups attached to an aromatic ring is 1. The van der Waals surface area contributed by atoms with Crippen molar-refractivity contribution in [2.75, 3.05) is 30.7 Å². The van der Waals surface area contributed by atoms with E-state index in [2.05, 4.69) is 67.3 Å². The molecule has 1 saturated heterocycles. The number of aromatic nitrogens is 3. The number of likely N-dealkylation sites (tertiary alicyclic amines) is 1. The summed E-state index contributed by atoms with van der Waals surface area (Å²) in [7, 11) is 0. The molecule has 31 heavy (non-hydrogen) atoms. The number of rotatable bonds is 8. The predicted molar refractivity (Wildman–Crippen MR) is 129 cm³/mol. The van der Waals surface area contributed by atoms with Crippen LogP contribution in [-0.4, -0.2) is 39.1 Å². The first-order valence-corrected chi connectivity index (χ1v) is 11.7. The quantitative estimate of drug-likeness (QED) is 0.469. The van der Waals surface area contributed by atoms with Gasteiger partial charge >= 0.3 is 0 Å². The van der Waals surface area contributed by atoms with Crippen LogP contribution in [0.1, 0.15) is 43.7 Å². The Hall–Kier alpha value is -2.45. The van der Waals surface area contributed by atoms with Crippen molar-refractivity contribution in [3.8, 4) is 0 Å². The maximum absolute atomic E-state index is 13.3. The van der Waals surface area contributed by atoms with Crippen molar-refractivity contribution in [3.05, 3.63) is 56.4 Å². The molecule has 0 spiro atoms. The molecule has 1 aliphatic rings. The summed E-state index contributed by atoms with van der Waals surface area (Å²) in [4.78, 5) is 24.4. The number of halogens is 1. The molecule has 4 rings (SSSR count). The Morgan fingerprint density at radius 3 is 2.45 bits per heavy atom. The minimum Gasteiger partial charge on any atom is -0.369 e. The number of hydrogen-bond donors (Lipinski definition) is 2. The standard InChI is InChI=1S/C23H29BrN6O/c1-2-3-10-26-21-19-20(27-23(25)28-21)18(24)15-30(22(19)31)14-17-8-6-16(7-9-17)13-29-11-4-5-12-29/h6-9,15H,2-5,10-14H2,1H3,(H3,25,26,27,28). The number of unbranched alkanes of at least 4 members (excludes halogenated alkanes) is 1. The lowest BCUT2D eigenvalue weighted by atomic mass is 10.1. The van der Waals surface area contributed by atoms with E-state index in [0.717, 1.165) is 36.0 Å². The van der Waals surface area contributed by atoms with Crippen molar-refractivity contribution in [1.29, 1.82) is 0 Å². The highest BCUT2D eigenvalue weighted by molar-refractivity contribution is 9.10. The molecule has 8 heteroatoms. The van der Waals surface area contributed by atoms with E-state index in [1.807, 2.05) is 0 Å². The van der Waals surface area contributed by atoms with Crippen molar-refractivity contribution in [1.82, 2.24) is 19.4 Å². The molecule has 0 unspecified atom stereocenters. The van der Waals surface area contributed by atoms with Crippen molar-refractivity contribution in [2.24, 2.45) is 0 Å². The van der Waals surface area contributed by atoms with Crippen LogP contribution in [0.2, 0.25) is 0 Å². The summed E-state index contributed by atoms with van der Waals surface area (Å²) in [5, 5.41) is 3.72. The highest BCUT2D eigenvalue weighted by Gasteiger charge is 2.16. The Labute approximate surface area is 190 Å². The minimum absolute atomic E-state index is 0.127. The summed E-state index contributed by atoms with van der Waals surface area (Å²) in [6, 6.07) is 8.54. The second-order valence-electron chi connectivity index (χ2n) is 8.14. The Morgan fingerprint density at radius 2 is 1.77 bits per heavy atom. The number of pyridine rings is 1. The number of anilines is 2. The van der Waals surface area contributed by atoms with Crippen LogP contribution < -0.4 is 16.6 Å². The Morgan fingerprint density at radius 1 is 1.10 bits per heavy atom. The van der Waals surface area contributed by atoms with Crippen LogP contribution in [0, 0.1) is 0 Å². The van der Waals surface area contributed by atoms with Gasteiger partial charge in [-0.2, -0.15) is 4.98 Å². The molecule has 0 saturated carbocycles. The van der Waals surface area contributed by atoms with E-state index in [4.69, 9.17) is 5.73 Å². The summed E-state index contributed by atoms with van der Waals surface area (Å²) < 4.78 is 2.42. The molecule has 3 aromatic rings. The zero-order valence-corrected chi connectivity index (χ0v) is 19.5. The molecule has 1 fully saturated rings. The van der Waals surface area contributed by atoms with Gasteiger partial charge in [-0.15, -0.1) is 0 Å². The van der Waals surface area contributed by atoms with Crippen molar-refractivity contribution >= 4 is 38.6 Å². The molecular formula is C23H29BrN6O. The molecule has 3 N–H and O–H groups in total. The molecule has 0 atom stereocenters.